The molecule has 1 atom stereocenters. The summed E-state index contributed by atoms with van der Waals surface area (Å²) < 4.78 is 5.41. The van der Waals surface area contributed by atoms with E-state index >= 15 is 0 Å². The average Bonchev–Trinajstić information content (AvgIpc) is 2.90. The third kappa shape index (κ3) is 3.61. The first-order valence-electron chi connectivity index (χ1n) is 6.29. The molecule has 0 spiro atoms. The van der Waals surface area contributed by atoms with Gasteiger partial charge in [0.2, 0.25) is 5.91 Å². The van der Waals surface area contributed by atoms with Crippen LogP contribution in [0.1, 0.15) is 24.8 Å². The van der Waals surface area contributed by atoms with Crippen LogP contribution in [0.25, 0.3) is 0 Å². The van der Waals surface area contributed by atoms with Gasteiger partial charge in [0.05, 0.1) is 18.2 Å². The molecule has 0 saturated carbocycles. The standard InChI is InChI=1S/C13H16ClN3O3/c14-8-3-4-10(13(15)17-19)11(6-8)16-12(18)7-9-2-1-5-20-9/h3-4,6,9,19H,1-2,5,7H2,(H2,15,17)(H,16,18). The summed E-state index contributed by atoms with van der Waals surface area (Å²) >= 11 is 5.90. The Hall–Kier alpha value is -1.79. The van der Waals surface area contributed by atoms with Gasteiger partial charge < -0.3 is 21.0 Å². The Balaban J connectivity index is 2.10. The zero-order chi connectivity index (χ0) is 14.5. The maximum absolute atomic E-state index is 12.0. The number of carbonyl (C=O) groups excluding carboxylic acids is 1. The second kappa shape index (κ2) is 6.58. The summed E-state index contributed by atoms with van der Waals surface area (Å²) in [5.74, 6) is -0.278. The highest BCUT2D eigenvalue weighted by Crippen LogP contribution is 2.22. The summed E-state index contributed by atoms with van der Waals surface area (Å²) in [7, 11) is 0. The van der Waals surface area contributed by atoms with Gasteiger partial charge in [-0.2, -0.15) is 0 Å². The Labute approximate surface area is 121 Å². The van der Waals surface area contributed by atoms with Crippen LogP contribution in [0, 0.1) is 0 Å². The molecule has 1 heterocycles. The Morgan fingerprint density at radius 3 is 3.05 bits per heavy atom. The Morgan fingerprint density at radius 2 is 2.40 bits per heavy atom. The van der Waals surface area contributed by atoms with E-state index in [4.69, 9.17) is 27.3 Å². The molecular formula is C13H16ClN3O3. The predicted molar refractivity (Wildman–Crippen MR) is 76.2 cm³/mol. The third-order valence-corrected chi connectivity index (χ3v) is 3.31. The maximum Gasteiger partial charge on any atom is 0.227 e. The molecular weight excluding hydrogens is 282 g/mol. The van der Waals surface area contributed by atoms with E-state index in [1.165, 1.54) is 0 Å². The van der Waals surface area contributed by atoms with Gasteiger partial charge in [-0.3, -0.25) is 4.79 Å². The topological polar surface area (TPSA) is 96.9 Å². The first-order valence-corrected chi connectivity index (χ1v) is 6.67. The number of carbonyl (C=O) groups is 1. The van der Waals surface area contributed by atoms with Gasteiger partial charge in [-0.05, 0) is 31.0 Å². The van der Waals surface area contributed by atoms with E-state index in [9.17, 15) is 4.79 Å². The van der Waals surface area contributed by atoms with Crippen molar-refractivity contribution in [2.45, 2.75) is 25.4 Å². The molecule has 20 heavy (non-hydrogen) atoms. The molecule has 1 fully saturated rings. The van der Waals surface area contributed by atoms with Crippen LogP contribution < -0.4 is 11.1 Å². The zero-order valence-electron chi connectivity index (χ0n) is 10.8. The highest BCUT2D eigenvalue weighted by atomic mass is 35.5. The summed E-state index contributed by atoms with van der Waals surface area (Å²) in [6.07, 6.45) is 2.10. The number of nitrogens with two attached hydrogens (primary N) is 1. The largest absolute Gasteiger partial charge is 0.409 e. The van der Waals surface area contributed by atoms with Gasteiger partial charge in [0.25, 0.3) is 0 Å². The second-order valence-corrected chi connectivity index (χ2v) is 5.00. The monoisotopic (exact) mass is 297 g/mol. The fraction of sp³-hybridized carbons (Fsp3) is 0.385. The molecule has 0 aliphatic carbocycles. The Bertz CT molecular complexity index is 528. The highest BCUT2D eigenvalue weighted by Gasteiger charge is 2.20. The number of anilines is 1. The number of halogens is 1. The predicted octanol–water partition coefficient (Wildman–Crippen LogP) is 1.94. The minimum atomic E-state index is -0.189. The van der Waals surface area contributed by atoms with Crippen LogP contribution >= 0.6 is 11.6 Å². The number of oxime groups is 1. The highest BCUT2D eigenvalue weighted by molar-refractivity contribution is 6.31. The van der Waals surface area contributed by atoms with E-state index in [0.717, 1.165) is 12.8 Å². The van der Waals surface area contributed by atoms with Gasteiger partial charge in [-0.1, -0.05) is 16.8 Å². The molecule has 1 aliphatic rings. The summed E-state index contributed by atoms with van der Waals surface area (Å²) in [5, 5.41) is 14.8. The number of nitrogens with zero attached hydrogens (tertiary/aromatic N) is 1. The minimum Gasteiger partial charge on any atom is -0.409 e. The molecule has 1 aliphatic heterocycles. The molecule has 2 rings (SSSR count). The van der Waals surface area contributed by atoms with Crippen molar-refractivity contribution in [3.05, 3.63) is 28.8 Å². The molecule has 1 aromatic carbocycles. The van der Waals surface area contributed by atoms with Crippen LogP contribution in [0.15, 0.2) is 23.4 Å². The molecule has 1 amide bonds. The lowest BCUT2D eigenvalue weighted by Gasteiger charge is -2.13. The number of benzene rings is 1. The fourth-order valence-electron chi connectivity index (χ4n) is 2.11. The summed E-state index contributed by atoms with van der Waals surface area (Å²) in [4.78, 5) is 12.0. The molecule has 0 radical (unpaired) electrons. The van der Waals surface area contributed by atoms with E-state index < -0.39 is 0 Å². The fourth-order valence-corrected chi connectivity index (χ4v) is 2.28. The van der Waals surface area contributed by atoms with Crippen molar-refractivity contribution in [3.63, 3.8) is 0 Å². The van der Waals surface area contributed by atoms with Gasteiger partial charge in [0.15, 0.2) is 5.84 Å². The quantitative estimate of drug-likeness (QED) is 0.342. The van der Waals surface area contributed by atoms with Crippen LogP contribution in [0.5, 0.6) is 0 Å². The van der Waals surface area contributed by atoms with Crippen molar-refractivity contribution >= 4 is 29.0 Å². The van der Waals surface area contributed by atoms with E-state index in [2.05, 4.69) is 10.5 Å². The molecule has 4 N–H and O–H groups in total. The van der Waals surface area contributed by atoms with Crippen LogP contribution in [0.3, 0.4) is 0 Å². The molecule has 0 aromatic heterocycles. The van der Waals surface area contributed by atoms with Gasteiger partial charge in [0.1, 0.15) is 0 Å². The lowest BCUT2D eigenvalue weighted by atomic mass is 10.1. The molecule has 6 nitrogen and oxygen atoms in total. The molecule has 1 aromatic rings. The van der Waals surface area contributed by atoms with E-state index in [1.807, 2.05) is 0 Å². The number of hydrogen-bond donors (Lipinski definition) is 3. The average molecular weight is 298 g/mol. The van der Waals surface area contributed by atoms with Crippen LogP contribution in [0.4, 0.5) is 5.69 Å². The van der Waals surface area contributed by atoms with E-state index in [1.54, 1.807) is 18.2 Å². The maximum atomic E-state index is 12.0. The molecule has 0 bridgehead atoms. The molecule has 7 heteroatoms. The van der Waals surface area contributed by atoms with Gasteiger partial charge in [-0.15, -0.1) is 0 Å². The molecule has 1 unspecified atom stereocenters. The van der Waals surface area contributed by atoms with Crippen LogP contribution in [0.2, 0.25) is 5.02 Å². The van der Waals surface area contributed by atoms with Crippen molar-refractivity contribution in [2.75, 3.05) is 11.9 Å². The van der Waals surface area contributed by atoms with Crippen molar-refractivity contribution in [1.82, 2.24) is 0 Å². The van der Waals surface area contributed by atoms with E-state index in [0.29, 0.717) is 22.9 Å². The lowest BCUT2D eigenvalue weighted by Crippen LogP contribution is -2.22. The van der Waals surface area contributed by atoms with Crippen molar-refractivity contribution in [1.29, 1.82) is 0 Å². The third-order valence-electron chi connectivity index (χ3n) is 3.08. The normalized spacial score (nSPS) is 19.1. The van der Waals surface area contributed by atoms with Gasteiger partial charge in [-0.25, -0.2) is 0 Å². The van der Waals surface area contributed by atoms with Crippen LogP contribution in [-0.2, 0) is 9.53 Å². The van der Waals surface area contributed by atoms with Crippen molar-refractivity contribution < 1.29 is 14.7 Å². The first-order chi connectivity index (χ1) is 9.60. The van der Waals surface area contributed by atoms with Gasteiger partial charge >= 0.3 is 0 Å². The van der Waals surface area contributed by atoms with Crippen molar-refractivity contribution in [2.24, 2.45) is 10.9 Å². The Morgan fingerprint density at radius 1 is 1.60 bits per heavy atom. The molecule has 1 saturated heterocycles. The van der Waals surface area contributed by atoms with E-state index in [-0.39, 0.29) is 24.3 Å². The van der Waals surface area contributed by atoms with Crippen LogP contribution in [-0.4, -0.2) is 29.7 Å². The first kappa shape index (κ1) is 14.6. The summed E-state index contributed by atoms with van der Waals surface area (Å²) in [6.45, 7) is 0.699. The number of ether oxygens (including phenoxy) is 1. The lowest BCUT2D eigenvalue weighted by molar-refractivity contribution is -0.118. The van der Waals surface area contributed by atoms with Crippen molar-refractivity contribution in [3.8, 4) is 0 Å². The SMILES string of the molecule is NC(=NO)c1ccc(Cl)cc1NC(=O)CC1CCCO1. The Kier molecular flexibility index (Phi) is 4.81. The summed E-state index contributed by atoms with van der Waals surface area (Å²) in [6, 6.07) is 4.74. The van der Waals surface area contributed by atoms with Gasteiger partial charge in [0, 0.05) is 17.2 Å². The smallest absolute Gasteiger partial charge is 0.227 e. The number of amides is 1. The summed E-state index contributed by atoms with van der Waals surface area (Å²) in [5.41, 5.74) is 6.39. The number of nitrogens with one attached hydrogen (secondary N) is 1. The minimum absolute atomic E-state index is 0.0403. The number of amidine groups is 1. The number of rotatable bonds is 4. The zero-order valence-corrected chi connectivity index (χ0v) is 11.6. The second-order valence-electron chi connectivity index (χ2n) is 4.56. The number of hydrogen-bond acceptors (Lipinski definition) is 4. The molecule has 108 valence electrons.